The third-order valence-electron chi connectivity index (χ3n) is 6.94. The lowest BCUT2D eigenvalue weighted by molar-refractivity contribution is -0.213. The summed E-state index contributed by atoms with van der Waals surface area (Å²) >= 11 is 0. The van der Waals surface area contributed by atoms with Crippen LogP contribution in [0.15, 0.2) is 42.0 Å². The number of ether oxygens (including phenoxy) is 4. The van der Waals surface area contributed by atoms with Crippen molar-refractivity contribution in [2.24, 2.45) is 16.7 Å². The fraction of sp³-hybridized carbons (Fsp3) is 0.680. The van der Waals surface area contributed by atoms with Crippen molar-refractivity contribution in [1.29, 1.82) is 0 Å². The largest absolute Gasteiger partial charge is 0.359 e. The van der Waals surface area contributed by atoms with Crippen LogP contribution in [0.3, 0.4) is 0 Å². The molecule has 1 aromatic rings. The van der Waals surface area contributed by atoms with Gasteiger partial charge in [-0.05, 0) is 48.0 Å². The van der Waals surface area contributed by atoms with Crippen LogP contribution < -0.4 is 0 Å². The van der Waals surface area contributed by atoms with E-state index in [-0.39, 0.29) is 36.6 Å². The Balaban J connectivity index is 1.75. The fourth-order valence-corrected chi connectivity index (χ4v) is 5.11. The van der Waals surface area contributed by atoms with Gasteiger partial charge in [0.25, 0.3) is 0 Å². The lowest BCUT2D eigenvalue weighted by Gasteiger charge is -2.43. The zero-order valence-electron chi connectivity index (χ0n) is 18.8. The highest BCUT2D eigenvalue weighted by Crippen LogP contribution is 2.53. The molecule has 1 aromatic carbocycles. The number of rotatable bonds is 8. The molecule has 4 nitrogen and oxygen atoms in total. The maximum absolute atomic E-state index is 6.44. The summed E-state index contributed by atoms with van der Waals surface area (Å²) in [6, 6.07) is 10.2. The number of hydrogen-bond acceptors (Lipinski definition) is 4. The zero-order valence-corrected chi connectivity index (χ0v) is 18.8. The lowest BCUT2D eigenvalue weighted by Crippen LogP contribution is -2.49. The van der Waals surface area contributed by atoms with Crippen molar-refractivity contribution in [3.63, 3.8) is 0 Å². The Morgan fingerprint density at radius 1 is 1.00 bits per heavy atom. The minimum absolute atomic E-state index is 0.0217. The predicted octanol–water partition coefficient (Wildman–Crippen LogP) is 5.72. The summed E-state index contributed by atoms with van der Waals surface area (Å²) in [6.45, 7) is 10.4. The lowest BCUT2D eigenvalue weighted by atomic mass is 9.71. The summed E-state index contributed by atoms with van der Waals surface area (Å²) in [5.74, 6) is 0.403. The van der Waals surface area contributed by atoms with Crippen LogP contribution in [0.1, 0.15) is 58.9 Å². The molecule has 0 N–H and O–H groups in total. The summed E-state index contributed by atoms with van der Waals surface area (Å²) in [5.41, 5.74) is 2.82. The quantitative estimate of drug-likeness (QED) is 0.317. The average Bonchev–Trinajstić information content (AvgIpc) is 2.99. The van der Waals surface area contributed by atoms with Gasteiger partial charge in [0.2, 0.25) is 0 Å². The first-order valence-electron chi connectivity index (χ1n) is 10.9. The Hall–Kier alpha value is -1.20. The molecule has 3 atom stereocenters. The Kier molecular flexibility index (Phi) is 7.55. The second-order valence-electron chi connectivity index (χ2n) is 9.70. The van der Waals surface area contributed by atoms with E-state index in [0.29, 0.717) is 12.5 Å². The van der Waals surface area contributed by atoms with Crippen LogP contribution in [0.5, 0.6) is 0 Å². The molecule has 0 aromatic heterocycles. The van der Waals surface area contributed by atoms with Crippen LogP contribution in [-0.2, 0) is 25.6 Å². The monoisotopic (exact) mass is 402 g/mol. The van der Waals surface area contributed by atoms with Gasteiger partial charge in [-0.1, -0.05) is 69.7 Å². The number of fused-ring (bicyclic) bond motifs is 2. The van der Waals surface area contributed by atoms with Gasteiger partial charge in [-0.15, -0.1) is 0 Å². The van der Waals surface area contributed by atoms with E-state index in [2.05, 4.69) is 45.9 Å². The minimum atomic E-state index is -0.0523. The second-order valence-corrected chi connectivity index (χ2v) is 9.70. The molecule has 0 heterocycles. The molecule has 0 aliphatic heterocycles. The van der Waals surface area contributed by atoms with Gasteiger partial charge in [0.1, 0.15) is 13.6 Å². The third-order valence-corrected chi connectivity index (χ3v) is 6.94. The smallest absolute Gasteiger partial charge is 0.147 e. The highest BCUT2D eigenvalue weighted by molar-refractivity contribution is 5.22. The molecule has 4 heteroatoms. The van der Waals surface area contributed by atoms with Crippen LogP contribution in [0, 0.1) is 16.7 Å². The number of benzene rings is 1. The molecule has 0 amide bonds. The topological polar surface area (TPSA) is 36.9 Å². The number of allylic oxidation sites excluding steroid dienone is 2. The van der Waals surface area contributed by atoms with Crippen molar-refractivity contribution in [2.45, 2.75) is 72.2 Å². The first-order valence-corrected chi connectivity index (χ1v) is 10.9. The van der Waals surface area contributed by atoms with Gasteiger partial charge < -0.3 is 18.9 Å². The average molecular weight is 403 g/mol. The molecule has 0 saturated heterocycles. The molecular formula is C25H38O4. The van der Waals surface area contributed by atoms with Crippen LogP contribution in [-0.4, -0.2) is 32.9 Å². The van der Waals surface area contributed by atoms with Crippen molar-refractivity contribution in [3.05, 3.63) is 47.5 Å². The second kappa shape index (κ2) is 9.74. The summed E-state index contributed by atoms with van der Waals surface area (Å²) in [7, 11) is 1.68. The Morgan fingerprint density at radius 2 is 1.76 bits per heavy atom. The van der Waals surface area contributed by atoms with Gasteiger partial charge in [-0.25, -0.2) is 0 Å². The first kappa shape index (κ1) is 22.5. The van der Waals surface area contributed by atoms with E-state index < -0.39 is 0 Å². The fourth-order valence-electron chi connectivity index (χ4n) is 5.11. The summed E-state index contributed by atoms with van der Waals surface area (Å²) < 4.78 is 23.9. The van der Waals surface area contributed by atoms with E-state index in [1.54, 1.807) is 12.7 Å². The molecule has 29 heavy (non-hydrogen) atoms. The number of methoxy groups -OCH3 is 1. The molecule has 162 valence electrons. The van der Waals surface area contributed by atoms with Crippen molar-refractivity contribution in [2.75, 3.05) is 20.7 Å². The van der Waals surface area contributed by atoms with E-state index >= 15 is 0 Å². The molecule has 0 spiro atoms. The summed E-state index contributed by atoms with van der Waals surface area (Å²) in [4.78, 5) is 0. The summed E-state index contributed by atoms with van der Waals surface area (Å²) in [5, 5.41) is 0. The van der Waals surface area contributed by atoms with Gasteiger partial charge in [0, 0.05) is 7.11 Å². The standard InChI is InChI=1S/C25H38O4/c1-24(2)15-9-12-20-13-14-21(25(20,3)4)22(28-17-26-5)23(24)29-18-27-16-19-10-7-6-8-11-19/h6-8,10-12,21-23H,9,13-18H2,1-5H3/b20-12-/t21-,22-,23-/m1/s1. The van der Waals surface area contributed by atoms with E-state index in [9.17, 15) is 0 Å². The molecule has 2 bridgehead atoms. The molecule has 1 saturated carbocycles. The van der Waals surface area contributed by atoms with Gasteiger partial charge in [-0.3, -0.25) is 0 Å². The van der Waals surface area contributed by atoms with Crippen molar-refractivity contribution in [1.82, 2.24) is 0 Å². The number of hydrogen-bond donors (Lipinski definition) is 0. The van der Waals surface area contributed by atoms with Gasteiger partial charge in [-0.2, -0.15) is 0 Å². The Labute approximate surface area is 176 Å². The predicted molar refractivity (Wildman–Crippen MR) is 115 cm³/mol. The van der Waals surface area contributed by atoms with E-state index in [4.69, 9.17) is 18.9 Å². The SMILES string of the molecule is COCO[C@H]1[C@@H](OCOCc2ccccc2)C(C)(C)CC/C=C2/CC[C@H]1C2(C)C. The van der Waals surface area contributed by atoms with Crippen LogP contribution in [0.4, 0.5) is 0 Å². The van der Waals surface area contributed by atoms with E-state index in [1.807, 2.05) is 18.2 Å². The third kappa shape index (κ3) is 5.29. The van der Waals surface area contributed by atoms with Crippen LogP contribution in [0.25, 0.3) is 0 Å². The van der Waals surface area contributed by atoms with E-state index in [1.165, 1.54) is 0 Å². The van der Waals surface area contributed by atoms with Gasteiger partial charge in [0.05, 0.1) is 18.8 Å². The molecule has 2 aliphatic rings. The zero-order chi connectivity index (χ0) is 20.9. The van der Waals surface area contributed by atoms with Crippen molar-refractivity contribution >= 4 is 0 Å². The van der Waals surface area contributed by atoms with Crippen LogP contribution >= 0.6 is 0 Å². The molecule has 2 aliphatic carbocycles. The maximum Gasteiger partial charge on any atom is 0.147 e. The minimum Gasteiger partial charge on any atom is -0.359 e. The highest BCUT2D eigenvalue weighted by Gasteiger charge is 2.50. The Bertz CT molecular complexity index is 665. The van der Waals surface area contributed by atoms with Crippen LogP contribution in [0.2, 0.25) is 0 Å². The van der Waals surface area contributed by atoms with Gasteiger partial charge >= 0.3 is 0 Å². The normalized spacial score (nSPS) is 30.1. The molecule has 0 radical (unpaired) electrons. The van der Waals surface area contributed by atoms with Crippen molar-refractivity contribution < 1.29 is 18.9 Å². The van der Waals surface area contributed by atoms with Crippen molar-refractivity contribution in [3.8, 4) is 0 Å². The van der Waals surface area contributed by atoms with Gasteiger partial charge in [0.15, 0.2) is 0 Å². The summed E-state index contributed by atoms with van der Waals surface area (Å²) in [6.07, 6.45) is 6.84. The maximum atomic E-state index is 6.44. The highest BCUT2D eigenvalue weighted by atomic mass is 16.7. The molecule has 3 rings (SSSR count). The molecular weight excluding hydrogens is 364 g/mol. The van der Waals surface area contributed by atoms with E-state index in [0.717, 1.165) is 31.2 Å². The first-order chi connectivity index (χ1) is 13.9. The molecule has 0 unspecified atom stereocenters. The Morgan fingerprint density at radius 3 is 2.48 bits per heavy atom. The molecule has 1 fully saturated rings.